The molecular weight excluding hydrogens is 246 g/mol. The minimum atomic E-state index is 0.0703. The molecule has 0 heterocycles. The quantitative estimate of drug-likeness (QED) is 0.712. The number of hydrogen-bond acceptors (Lipinski definition) is 1. The van der Waals surface area contributed by atoms with Crippen LogP contribution in [0.3, 0.4) is 0 Å². The van der Waals surface area contributed by atoms with Crippen molar-refractivity contribution in [2.24, 2.45) is 0 Å². The number of rotatable bonds is 6. The van der Waals surface area contributed by atoms with Crippen molar-refractivity contribution in [2.45, 2.75) is 26.7 Å². The van der Waals surface area contributed by atoms with Gasteiger partial charge in [-0.1, -0.05) is 37.1 Å². The maximum absolute atomic E-state index is 11.9. The highest BCUT2D eigenvalue weighted by atomic mass is 35.5. The second kappa shape index (κ2) is 7.93. The molecule has 18 heavy (non-hydrogen) atoms. The van der Waals surface area contributed by atoms with Gasteiger partial charge in [0.05, 0.1) is 0 Å². The van der Waals surface area contributed by atoms with Crippen molar-refractivity contribution in [2.75, 3.05) is 13.1 Å². The molecule has 1 aromatic carbocycles. The molecule has 0 bridgehead atoms. The summed E-state index contributed by atoms with van der Waals surface area (Å²) >= 11 is 5.81. The third kappa shape index (κ3) is 4.92. The average molecular weight is 266 g/mol. The van der Waals surface area contributed by atoms with E-state index in [0.717, 1.165) is 31.5 Å². The Kier molecular flexibility index (Phi) is 6.51. The Morgan fingerprint density at radius 1 is 1.28 bits per heavy atom. The standard InChI is InChI=1S/C15H20ClNO/c1-3-5-12-17(4-2)15(18)11-8-13-6-9-14(16)10-7-13/h6-11H,3-5,12H2,1-2H3. The molecule has 0 saturated carbocycles. The smallest absolute Gasteiger partial charge is 0.246 e. The maximum atomic E-state index is 11.9. The molecule has 1 aromatic rings. The summed E-state index contributed by atoms with van der Waals surface area (Å²) in [6.07, 6.45) is 5.61. The Balaban J connectivity index is 2.59. The van der Waals surface area contributed by atoms with Gasteiger partial charge in [0, 0.05) is 24.2 Å². The highest BCUT2D eigenvalue weighted by Crippen LogP contribution is 2.10. The van der Waals surface area contributed by atoms with Gasteiger partial charge in [0.1, 0.15) is 0 Å². The third-order valence-corrected chi connectivity index (χ3v) is 3.02. The Morgan fingerprint density at radius 3 is 2.50 bits per heavy atom. The predicted octanol–water partition coefficient (Wildman–Crippen LogP) is 4.00. The van der Waals surface area contributed by atoms with Crippen molar-refractivity contribution in [1.29, 1.82) is 0 Å². The highest BCUT2D eigenvalue weighted by Gasteiger charge is 2.06. The molecule has 0 aromatic heterocycles. The normalized spacial score (nSPS) is 10.8. The number of carbonyl (C=O) groups excluding carboxylic acids is 1. The van der Waals surface area contributed by atoms with Gasteiger partial charge in [-0.25, -0.2) is 0 Å². The summed E-state index contributed by atoms with van der Waals surface area (Å²) in [6, 6.07) is 7.43. The number of benzene rings is 1. The van der Waals surface area contributed by atoms with E-state index in [4.69, 9.17) is 11.6 Å². The van der Waals surface area contributed by atoms with E-state index in [9.17, 15) is 4.79 Å². The van der Waals surface area contributed by atoms with E-state index < -0.39 is 0 Å². The number of nitrogens with zero attached hydrogens (tertiary/aromatic N) is 1. The van der Waals surface area contributed by atoms with Crippen LogP contribution in [0.5, 0.6) is 0 Å². The summed E-state index contributed by atoms with van der Waals surface area (Å²) in [5.74, 6) is 0.0703. The van der Waals surface area contributed by atoms with Crippen LogP contribution < -0.4 is 0 Å². The Morgan fingerprint density at radius 2 is 1.94 bits per heavy atom. The fourth-order valence-electron chi connectivity index (χ4n) is 1.62. The van der Waals surface area contributed by atoms with Crippen molar-refractivity contribution in [3.8, 4) is 0 Å². The molecule has 0 aliphatic carbocycles. The molecule has 0 fully saturated rings. The lowest BCUT2D eigenvalue weighted by Gasteiger charge is -2.18. The van der Waals surface area contributed by atoms with Crippen LogP contribution in [0.15, 0.2) is 30.3 Å². The molecule has 1 amide bonds. The second-order valence-electron chi connectivity index (χ2n) is 4.16. The van der Waals surface area contributed by atoms with Gasteiger partial charge in [0.25, 0.3) is 0 Å². The van der Waals surface area contributed by atoms with Crippen LogP contribution in [0.2, 0.25) is 5.02 Å². The second-order valence-corrected chi connectivity index (χ2v) is 4.59. The van der Waals surface area contributed by atoms with Gasteiger partial charge < -0.3 is 4.90 Å². The Labute approximate surface area is 114 Å². The summed E-state index contributed by atoms with van der Waals surface area (Å²) in [5.41, 5.74) is 0.985. The fraction of sp³-hybridized carbons (Fsp3) is 0.400. The number of amides is 1. The monoisotopic (exact) mass is 265 g/mol. The summed E-state index contributed by atoms with van der Waals surface area (Å²) in [7, 11) is 0. The first-order chi connectivity index (χ1) is 8.67. The summed E-state index contributed by atoms with van der Waals surface area (Å²) in [5, 5.41) is 0.705. The zero-order valence-electron chi connectivity index (χ0n) is 11.0. The van der Waals surface area contributed by atoms with Gasteiger partial charge in [-0.3, -0.25) is 4.79 Å². The first-order valence-corrected chi connectivity index (χ1v) is 6.77. The summed E-state index contributed by atoms with van der Waals surface area (Å²) in [6.45, 7) is 5.71. The van der Waals surface area contributed by atoms with E-state index in [1.165, 1.54) is 0 Å². The van der Waals surface area contributed by atoms with Gasteiger partial charge >= 0.3 is 0 Å². The Bertz CT molecular complexity index is 397. The summed E-state index contributed by atoms with van der Waals surface area (Å²) < 4.78 is 0. The molecule has 0 unspecified atom stereocenters. The molecule has 0 aliphatic heterocycles. The lowest BCUT2D eigenvalue weighted by atomic mass is 10.2. The van der Waals surface area contributed by atoms with Crippen LogP contribution in [0, 0.1) is 0 Å². The van der Waals surface area contributed by atoms with Crippen LogP contribution >= 0.6 is 11.6 Å². The van der Waals surface area contributed by atoms with Crippen molar-refractivity contribution >= 4 is 23.6 Å². The van der Waals surface area contributed by atoms with Gasteiger partial charge in [-0.15, -0.1) is 0 Å². The van der Waals surface area contributed by atoms with Crippen LogP contribution in [-0.4, -0.2) is 23.9 Å². The van der Waals surface area contributed by atoms with Crippen LogP contribution in [0.4, 0.5) is 0 Å². The fourth-order valence-corrected chi connectivity index (χ4v) is 1.75. The molecule has 0 aliphatic rings. The molecule has 1 rings (SSSR count). The number of carbonyl (C=O) groups is 1. The van der Waals surface area contributed by atoms with Crippen molar-refractivity contribution in [3.05, 3.63) is 40.9 Å². The van der Waals surface area contributed by atoms with E-state index in [2.05, 4.69) is 6.92 Å². The van der Waals surface area contributed by atoms with E-state index >= 15 is 0 Å². The number of likely N-dealkylation sites (N-methyl/N-ethyl adjacent to an activating group) is 1. The number of unbranched alkanes of at least 4 members (excludes halogenated alkanes) is 1. The summed E-state index contributed by atoms with van der Waals surface area (Å²) in [4.78, 5) is 13.8. The molecule has 0 spiro atoms. The molecular formula is C15H20ClNO. The molecule has 98 valence electrons. The predicted molar refractivity (Wildman–Crippen MR) is 77.6 cm³/mol. The number of halogens is 1. The van der Waals surface area contributed by atoms with E-state index in [1.807, 2.05) is 42.2 Å². The highest BCUT2D eigenvalue weighted by molar-refractivity contribution is 6.30. The zero-order chi connectivity index (χ0) is 13.4. The lowest BCUT2D eigenvalue weighted by Crippen LogP contribution is -2.30. The largest absolute Gasteiger partial charge is 0.339 e. The van der Waals surface area contributed by atoms with Gasteiger partial charge in [0.2, 0.25) is 5.91 Å². The third-order valence-electron chi connectivity index (χ3n) is 2.76. The first kappa shape index (κ1) is 14.8. The molecule has 0 N–H and O–H groups in total. The minimum Gasteiger partial charge on any atom is -0.339 e. The van der Waals surface area contributed by atoms with Crippen LogP contribution in [0.25, 0.3) is 6.08 Å². The van der Waals surface area contributed by atoms with Crippen molar-refractivity contribution in [1.82, 2.24) is 4.90 Å². The van der Waals surface area contributed by atoms with Crippen LogP contribution in [-0.2, 0) is 4.79 Å². The minimum absolute atomic E-state index is 0.0703. The number of hydrogen-bond donors (Lipinski definition) is 0. The SMILES string of the molecule is CCCCN(CC)C(=O)C=Cc1ccc(Cl)cc1. The first-order valence-electron chi connectivity index (χ1n) is 6.40. The van der Waals surface area contributed by atoms with Crippen molar-refractivity contribution < 1.29 is 4.79 Å². The molecule has 3 heteroatoms. The molecule has 0 radical (unpaired) electrons. The van der Waals surface area contributed by atoms with E-state index in [0.29, 0.717) is 5.02 Å². The maximum Gasteiger partial charge on any atom is 0.246 e. The molecule has 0 atom stereocenters. The van der Waals surface area contributed by atoms with Gasteiger partial charge in [-0.05, 0) is 37.1 Å². The van der Waals surface area contributed by atoms with E-state index in [1.54, 1.807) is 6.08 Å². The van der Waals surface area contributed by atoms with Gasteiger partial charge in [-0.2, -0.15) is 0 Å². The Hall–Kier alpha value is -1.28. The topological polar surface area (TPSA) is 20.3 Å². The lowest BCUT2D eigenvalue weighted by molar-refractivity contribution is -0.125. The van der Waals surface area contributed by atoms with E-state index in [-0.39, 0.29) is 5.91 Å². The van der Waals surface area contributed by atoms with Crippen LogP contribution in [0.1, 0.15) is 32.3 Å². The van der Waals surface area contributed by atoms with Gasteiger partial charge in [0.15, 0.2) is 0 Å². The zero-order valence-corrected chi connectivity index (χ0v) is 11.8. The average Bonchev–Trinajstić information content (AvgIpc) is 2.39. The van der Waals surface area contributed by atoms with Crippen molar-refractivity contribution in [3.63, 3.8) is 0 Å². The molecule has 0 saturated heterocycles. The molecule has 2 nitrogen and oxygen atoms in total.